The molecule has 1 aliphatic heterocycles. The minimum atomic E-state index is -0.185. The Labute approximate surface area is 213 Å². The van der Waals surface area contributed by atoms with E-state index in [0.29, 0.717) is 13.1 Å². The molecule has 2 aromatic rings. The number of likely N-dealkylation sites (tertiary alicyclic amines) is 1. The van der Waals surface area contributed by atoms with Gasteiger partial charge < -0.3 is 16.4 Å². The van der Waals surface area contributed by atoms with Gasteiger partial charge in [0.2, 0.25) is 5.91 Å². The molecule has 0 spiro atoms. The third-order valence-corrected chi connectivity index (χ3v) is 5.69. The highest BCUT2D eigenvalue weighted by Gasteiger charge is 2.23. The fourth-order valence-electron chi connectivity index (χ4n) is 3.82. The number of hydrogen-bond acceptors (Lipinski definition) is 3. The third-order valence-electron chi connectivity index (χ3n) is 5.44. The molecule has 1 unspecified atom stereocenters. The van der Waals surface area contributed by atoms with Crippen LogP contribution in [0.1, 0.15) is 36.5 Å². The number of carbonyl (C=O) groups is 1. The number of aliphatic imine (C=N–C) groups is 1. The molecular weight excluding hydrogens is 537 g/mol. The van der Waals surface area contributed by atoms with Crippen LogP contribution in [0.15, 0.2) is 53.5 Å². The fourth-order valence-corrected chi connectivity index (χ4v) is 3.94. The molecule has 0 saturated carbocycles. The summed E-state index contributed by atoms with van der Waals surface area (Å²) in [5.74, 6) is 0.564. The van der Waals surface area contributed by atoms with Gasteiger partial charge in [-0.1, -0.05) is 48.0 Å². The highest BCUT2D eigenvalue weighted by Crippen LogP contribution is 2.19. The summed E-state index contributed by atoms with van der Waals surface area (Å²) in [6.45, 7) is 6.70. The van der Waals surface area contributed by atoms with Gasteiger partial charge in [-0.15, -0.1) is 24.0 Å². The van der Waals surface area contributed by atoms with Crippen molar-refractivity contribution in [3.8, 4) is 0 Å². The van der Waals surface area contributed by atoms with Crippen LogP contribution in [0.3, 0.4) is 0 Å². The highest BCUT2D eigenvalue weighted by atomic mass is 127. The number of rotatable bonds is 8. The molecule has 174 valence electrons. The maximum Gasteiger partial charge on any atom is 0.221 e. The van der Waals surface area contributed by atoms with E-state index in [-0.39, 0.29) is 35.8 Å². The summed E-state index contributed by atoms with van der Waals surface area (Å²) < 4.78 is 0. The van der Waals surface area contributed by atoms with Crippen LogP contribution in [0.5, 0.6) is 0 Å². The lowest BCUT2D eigenvalue weighted by Gasteiger charge is -2.31. The van der Waals surface area contributed by atoms with Crippen LogP contribution in [0.4, 0.5) is 0 Å². The number of nitrogens with zero attached hydrogens (tertiary/aromatic N) is 2. The average Bonchev–Trinajstić information content (AvgIpc) is 2.77. The lowest BCUT2D eigenvalue weighted by molar-refractivity contribution is -0.123. The second-order valence-electron chi connectivity index (χ2n) is 7.97. The number of amides is 1. The Balaban J connectivity index is 0.00000363. The summed E-state index contributed by atoms with van der Waals surface area (Å²) in [5.41, 5.74) is 9.05. The van der Waals surface area contributed by atoms with Crippen LogP contribution in [-0.2, 0) is 24.4 Å². The summed E-state index contributed by atoms with van der Waals surface area (Å²) >= 11 is 5.96. The van der Waals surface area contributed by atoms with E-state index in [4.69, 9.17) is 22.3 Å². The molecular formula is C24H33ClIN5O. The number of nitrogens with two attached hydrogens (primary N) is 1. The van der Waals surface area contributed by atoms with E-state index < -0.39 is 0 Å². The largest absolute Gasteiger partial charge is 0.369 e. The number of benzene rings is 2. The topological polar surface area (TPSA) is 82.8 Å². The Bertz CT molecular complexity index is 890. The smallest absolute Gasteiger partial charge is 0.221 e. The molecule has 0 aliphatic carbocycles. The molecule has 8 heteroatoms. The second-order valence-corrected chi connectivity index (χ2v) is 8.41. The van der Waals surface area contributed by atoms with Crippen molar-refractivity contribution in [1.29, 1.82) is 0 Å². The summed E-state index contributed by atoms with van der Waals surface area (Å²) in [5, 5.41) is 7.39. The van der Waals surface area contributed by atoms with E-state index in [1.165, 1.54) is 5.56 Å². The van der Waals surface area contributed by atoms with Gasteiger partial charge in [0.25, 0.3) is 0 Å². The summed E-state index contributed by atoms with van der Waals surface area (Å²) in [6, 6.07) is 16.3. The minimum absolute atomic E-state index is 0. The number of nitrogens with one attached hydrogen (secondary N) is 2. The van der Waals surface area contributed by atoms with Gasteiger partial charge in [-0.25, -0.2) is 4.99 Å². The molecule has 0 aromatic heterocycles. The van der Waals surface area contributed by atoms with Crippen molar-refractivity contribution in [3.63, 3.8) is 0 Å². The second kappa shape index (κ2) is 13.6. The zero-order valence-electron chi connectivity index (χ0n) is 18.5. The Morgan fingerprint density at radius 3 is 2.62 bits per heavy atom. The Morgan fingerprint density at radius 1 is 1.16 bits per heavy atom. The number of primary amides is 1. The number of piperidine rings is 1. The maximum atomic E-state index is 11.5. The van der Waals surface area contributed by atoms with E-state index in [0.717, 1.165) is 61.1 Å². The van der Waals surface area contributed by atoms with E-state index in [1.807, 2.05) is 24.3 Å². The van der Waals surface area contributed by atoms with Gasteiger partial charge in [-0.3, -0.25) is 9.69 Å². The molecule has 3 rings (SSSR count). The molecule has 1 atom stereocenters. The van der Waals surface area contributed by atoms with Crippen LogP contribution < -0.4 is 16.4 Å². The van der Waals surface area contributed by atoms with Gasteiger partial charge in [-0.05, 0) is 55.1 Å². The number of hydrogen-bond donors (Lipinski definition) is 3. The fraction of sp³-hybridized carbons (Fsp3) is 0.417. The average molecular weight is 570 g/mol. The quantitative estimate of drug-likeness (QED) is 0.256. The van der Waals surface area contributed by atoms with E-state index >= 15 is 0 Å². The van der Waals surface area contributed by atoms with Crippen molar-refractivity contribution in [2.24, 2.45) is 16.6 Å². The van der Waals surface area contributed by atoms with Crippen molar-refractivity contribution in [3.05, 3.63) is 70.2 Å². The highest BCUT2D eigenvalue weighted by molar-refractivity contribution is 14.0. The lowest BCUT2D eigenvalue weighted by Crippen LogP contribution is -2.40. The molecule has 1 aliphatic rings. The normalized spacial score (nSPS) is 16.8. The van der Waals surface area contributed by atoms with Crippen LogP contribution in [0.2, 0.25) is 5.02 Å². The number of carbonyl (C=O) groups excluding carboxylic acids is 1. The van der Waals surface area contributed by atoms with E-state index in [1.54, 1.807) is 0 Å². The van der Waals surface area contributed by atoms with Crippen molar-refractivity contribution < 1.29 is 4.79 Å². The molecule has 0 bridgehead atoms. The van der Waals surface area contributed by atoms with Crippen LogP contribution in [-0.4, -0.2) is 36.4 Å². The van der Waals surface area contributed by atoms with Gasteiger partial charge in [0.1, 0.15) is 0 Å². The van der Waals surface area contributed by atoms with Crippen molar-refractivity contribution in [2.45, 2.75) is 39.4 Å². The first-order chi connectivity index (χ1) is 15.0. The Kier molecular flexibility index (Phi) is 11.3. The first kappa shape index (κ1) is 26.4. The molecule has 1 heterocycles. The van der Waals surface area contributed by atoms with Crippen molar-refractivity contribution in [1.82, 2.24) is 15.5 Å². The van der Waals surface area contributed by atoms with Crippen molar-refractivity contribution in [2.75, 3.05) is 19.6 Å². The first-order valence-corrected chi connectivity index (χ1v) is 11.3. The molecule has 1 amide bonds. The predicted octanol–water partition coefficient (Wildman–Crippen LogP) is 3.91. The molecule has 32 heavy (non-hydrogen) atoms. The molecule has 0 radical (unpaired) electrons. The zero-order valence-corrected chi connectivity index (χ0v) is 21.6. The molecule has 4 N–H and O–H groups in total. The summed E-state index contributed by atoms with van der Waals surface area (Å²) in [7, 11) is 0. The third kappa shape index (κ3) is 8.60. The first-order valence-electron chi connectivity index (χ1n) is 10.9. The molecule has 1 saturated heterocycles. The van der Waals surface area contributed by atoms with Crippen LogP contribution >= 0.6 is 35.6 Å². The van der Waals surface area contributed by atoms with E-state index in [2.05, 4.69) is 46.7 Å². The van der Waals surface area contributed by atoms with Gasteiger partial charge >= 0.3 is 0 Å². The Morgan fingerprint density at radius 2 is 1.91 bits per heavy atom. The SMILES string of the molecule is CCNC(=NCc1cccc(CN2CCCC(C(N)=O)C2)c1)NCc1ccc(Cl)cc1.I. The predicted molar refractivity (Wildman–Crippen MR) is 142 cm³/mol. The molecule has 1 fully saturated rings. The minimum Gasteiger partial charge on any atom is -0.369 e. The van der Waals surface area contributed by atoms with Gasteiger partial charge in [0, 0.05) is 31.2 Å². The summed E-state index contributed by atoms with van der Waals surface area (Å²) in [6.07, 6.45) is 1.92. The molecule has 6 nitrogen and oxygen atoms in total. The monoisotopic (exact) mass is 569 g/mol. The standard InChI is InChI=1S/C24H32ClN5O.HI/c1-2-27-24(28-14-18-8-10-22(25)11-9-18)29-15-19-5-3-6-20(13-19)16-30-12-4-7-21(17-30)23(26)31;/h3,5-6,8-11,13,21H,2,4,7,12,14-17H2,1H3,(H2,26,31)(H2,27,28,29);1H. The van der Waals surface area contributed by atoms with E-state index in [9.17, 15) is 4.79 Å². The van der Waals surface area contributed by atoms with Crippen LogP contribution in [0.25, 0.3) is 0 Å². The van der Waals surface area contributed by atoms with Crippen molar-refractivity contribution >= 4 is 47.4 Å². The maximum absolute atomic E-state index is 11.5. The number of halogens is 2. The van der Waals surface area contributed by atoms with Gasteiger partial charge in [-0.2, -0.15) is 0 Å². The summed E-state index contributed by atoms with van der Waals surface area (Å²) in [4.78, 5) is 18.6. The lowest BCUT2D eigenvalue weighted by atomic mass is 9.97. The van der Waals surface area contributed by atoms with Gasteiger partial charge in [0.05, 0.1) is 12.5 Å². The molecule has 2 aromatic carbocycles. The Hall–Kier alpha value is -1.84. The zero-order chi connectivity index (χ0) is 22.1. The van der Waals surface area contributed by atoms with Gasteiger partial charge in [0.15, 0.2) is 5.96 Å². The van der Waals surface area contributed by atoms with Crippen LogP contribution in [0, 0.1) is 5.92 Å². The number of guanidine groups is 1.